The monoisotopic (exact) mass is 445 g/mol. The van der Waals surface area contributed by atoms with Gasteiger partial charge in [0.15, 0.2) is 0 Å². The molecule has 0 radical (unpaired) electrons. The molecule has 0 aliphatic carbocycles. The Bertz CT molecular complexity index is 1080. The molecule has 3 aromatic rings. The van der Waals surface area contributed by atoms with Crippen molar-refractivity contribution in [1.82, 2.24) is 0 Å². The zero-order valence-corrected chi connectivity index (χ0v) is 21.4. The van der Waals surface area contributed by atoms with Gasteiger partial charge in [-0.1, -0.05) is 83.1 Å². The first-order valence-corrected chi connectivity index (χ1v) is 12.8. The molecule has 4 rings (SSSR count). The Labute approximate surface area is 195 Å². The fourth-order valence-electron chi connectivity index (χ4n) is 5.05. The summed E-state index contributed by atoms with van der Waals surface area (Å²) in [5, 5.41) is 1.28. The van der Waals surface area contributed by atoms with E-state index in [0.29, 0.717) is 11.5 Å². The van der Waals surface area contributed by atoms with Crippen molar-refractivity contribution in [2.75, 3.05) is 4.67 Å². The molecule has 1 atom stereocenters. The van der Waals surface area contributed by atoms with Gasteiger partial charge in [0.25, 0.3) is 0 Å². The molecule has 0 fully saturated rings. The number of para-hydroxylation sites is 1. The third-order valence-electron chi connectivity index (χ3n) is 6.04. The molecule has 3 heteroatoms. The highest BCUT2D eigenvalue weighted by Gasteiger charge is 2.34. The standard InChI is InChI=1S/C29H36NOP/c1-21(2)30(23-18-16-22(17-19-23)29(6,7)20-28(3,4)5)32-27-15-11-9-13-25(27)24-12-8-10-14-26(24)31-32/h8-19,21H,20H2,1-7H3. The van der Waals surface area contributed by atoms with Crippen molar-refractivity contribution >= 4 is 19.3 Å². The minimum Gasteiger partial charge on any atom is -0.448 e. The van der Waals surface area contributed by atoms with E-state index < -0.39 is 8.30 Å². The molecular formula is C29H36NOP. The van der Waals surface area contributed by atoms with Crippen molar-refractivity contribution in [2.45, 2.75) is 66.3 Å². The lowest BCUT2D eigenvalue weighted by molar-refractivity contribution is 0.284. The molecule has 3 aromatic carbocycles. The van der Waals surface area contributed by atoms with Gasteiger partial charge in [0.1, 0.15) is 5.75 Å². The SMILES string of the molecule is CC(C)N(c1ccc(C(C)(C)CC(C)(C)C)cc1)P1Oc2ccccc2-c2ccccc21. The van der Waals surface area contributed by atoms with Crippen LogP contribution in [0, 0.1) is 5.41 Å². The van der Waals surface area contributed by atoms with Crippen LogP contribution < -0.4 is 14.5 Å². The minimum atomic E-state index is -0.980. The summed E-state index contributed by atoms with van der Waals surface area (Å²) in [6, 6.07) is 26.6. The Morgan fingerprint density at radius 3 is 2.00 bits per heavy atom. The van der Waals surface area contributed by atoms with Crippen LogP contribution in [-0.2, 0) is 5.41 Å². The van der Waals surface area contributed by atoms with Crippen molar-refractivity contribution in [2.24, 2.45) is 5.41 Å². The fourth-order valence-corrected chi connectivity index (χ4v) is 7.19. The number of anilines is 1. The molecule has 1 unspecified atom stereocenters. The van der Waals surface area contributed by atoms with Gasteiger partial charge in [0.05, 0.1) is 0 Å². The van der Waals surface area contributed by atoms with Gasteiger partial charge in [-0.3, -0.25) is 0 Å². The van der Waals surface area contributed by atoms with Gasteiger partial charge < -0.3 is 9.19 Å². The summed E-state index contributed by atoms with van der Waals surface area (Å²) < 4.78 is 9.15. The molecule has 1 aliphatic heterocycles. The van der Waals surface area contributed by atoms with Crippen LogP contribution in [-0.4, -0.2) is 6.04 Å². The largest absolute Gasteiger partial charge is 0.448 e. The summed E-state index contributed by atoms with van der Waals surface area (Å²) in [5.74, 6) is 0.978. The van der Waals surface area contributed by atoms with E-state index >= 15 is 0 Å². The molecule has 0 saturated heterocycles. The maximum absolute atomic E-state index is 6.69. The van der Waals surface area contributed by atoms with Crippen molar-refractivity contribution in [3.63, 3.8) is 0 Å². The first-order valence-electron chi connectivity index (χ1n) is 11.6. The molecule has 0 bridgehead atoms. The maximum Gasteiger partial charge on any atom is 0.226 e. The summed E-state index contributed by atoms with van der Waals surface area (Å²) >= 11 is 0. The van der Waals surface area contributed by atoms with E-state index in [2.05, 4.69) is 126 Å². The van der Waals surface area contributed by atoms with Crippen LogP contribution >= 0.6 is 8.30 Å². The molecule has 0 spiro atoms. The fraction of sp³-hybridized carbons (Fsp3) is 0.379. The van der Waals surface area contributed by atoms with E-state index in [9.17, 15) is 0 Å². The van der Waals surface area contributed by atoms with Crippen LogP contribution in [0.3, 0.4) is 0 Å². The van der Waals surface area contributed by atoms with E-state index in [1.165, 1.54) is 27.7 Å². The van der Waals surface area contributed by atoms with E-state index in [1.807, 2.05) is 0 Å². The predicted octanol–water partition coefficient (Wildman–Crippen LogP) is 8.31. The number of hydrogen-bond donors (Lipinski definition) is 0. The van der Waals surface area contributed by atoms with Crippen molar-refractivity contribution in [1.29, 1.82) is 0 Å². The van der Waals surface area contributed by atoms with Crippen LogP contribution in [0.15, 0.2) is 72.8 Å². The zero-order valence-electron chi connectivity index (χ0n) is 20.5. The minimum absolute atomic E-state index is 0.137. The number of benzene rings is 3. The topological polar surface area (TPSA) is 12.5 Å². The van der Waals surface area contributed by atoms with Gasteiger partial charge in [0, 0.05) is 22.6 Å². The quantitative estimate of drug-likeness (QED) is 0.366. The molecular weight excluding hydrogens is 409 g/mol. The summed E-state index contributed by atoms with van der Waals surface area (Å²) in [6.07, 6.45) is 1.15. The van der Waals surface area contributed by atoms with Gasteiger partial charge in [0.2, 0.25) is 8.30 Å². The highest BCUT2D eigenvalue weighted by Crippen LogP contribution is 2.53. The Hall–Kier alpha value is -2.31. The summed E-state index contributed by atoms with van der Waals surface area (Å²) in [6.45, 7) is 16.2. The molecule has 0 amide bonds. The number of fused-ring (bicyclic) bond motifs is 3. The van der Waals surface area contributed by atoms with E-state index in [-0.39, 0.29) is 5.41 Å². The number of nitrogens with zero attached hydrogens (tertiary/aromatic N) is 1. The van der Waals surface area contributed by atoms with E-state index in [4.69, 9.17) is 4.52 Å². The Kier molecular flexibility index (Phi) is 6.12. The second-order valence-electron chi connectivity index (χ2n) is 11.0. The average Bonchev–Trinajstić information content (AvgIpc) is 2.72. The van der Waals surface area contributed by atoms with Crippen LogP contribution in [0.4, 0.5) is 5.69 Å². The molecule has 1 heterocycles. The zero-order chi connectivity index (χ0) is 23.1. The molecule has 2 nitrogen and oxygen atoms in total. The summed E-state index contributed by atoms with van der Waals surface area (Å²) in [4.78, 5) is 0. The van der Waals surface area contributed by atoms with Gasteiger partial charge in [-0.05, 0) is 66.5 Å². The average molecular weight is 446 g/mol. The summed E-state index contributed by atoms with van der Waals surface area (Å²) in [7, 11) is -0.980. The lowest BCUT2D eigenvalue weighted by atomic mass is 9.72. The lowest BCUT2D eigenvalue weighted by Gasteiger charge is -2.39. The third kappa shape index (κ3) is 4.57. The van der Waals surface area contributed by atoms with E-state index in [0.717, 1.165) is 12.2 Å². The van der Waals surface area contributed by atoms with Crippen molar-refractivity contribution < 1.29 is 4.52 Å². The van der Waals surface area contributed by atoms with Crippen LogP contribution in [0.2, 0.25) is 0 Å². The van der Waals surface area contributed by atoms with Crippen LogP contribution in [0.5, 0.6) is 5.75 Å². The van der Waals surface area contributed by atoms with Gasteiger partial charge in [-0.2, -0.15) is 0 Å². The molecule has 0 saturated carbocycles. The Morgan fingerprint density at radius 1 is 0.781 bits per heavy atom. The number of rotatable bonds is 5. The highest BCUT2D eigenvalue weighted by atomic mass is 31.2. The highest BCUT2D eigenvalue weighted by molar-refractivity contribution is 7.63. The van der Waals surface area contributed by atoms with Crippen molar-refractivity contribution in [3.05, 3.63) is 78.4 Å². The second-order valence-corrected chi connectivity index (χ2v) is 12.6. The molecule has 0 aromatic heterocycles. The third-order valence-corrected chi connectivity index (χ3v) is 8.30. The Balaban J connectivity index is 1.71. The van der Waals surface area contributed by atoms with E-state index in [1.54, 1.807) is 0 Å². The Morgan fingerprint density at radius 2 is 1.38 bits per heavy atom. The van der Waals surface area contributed by atoms with Crippen LogP contribution in [0.25, 0.3) is 11.1 Å². The maximum atomic E-state index is 6.69. The number of hydrogen-bond acceptors (Lipinski definition) is 2. The van der Waals surface area contributed by atoms with Gasteiger partial charge in [-0.25, -0.2) is 0 Å². The van der Waals surface area contributed by atoms with Crippen LogP contribution in [0.1, 0.15) is 60.5 Å². The second kappa shape index (κ2) is 8.56. The molecule has 1 aliphatic rings. The van der Waals surface area contributed by atoms with Gasteiger partial charge >= 0.3 is 0 Å². The van der Waals surface area contributed by atoms with Crippen molar-refractivity contribution in [3.8, 4) is 16.9 Å². The first-order chi connectivity index (χ1) is 15.1. The smallest absolute Gasteiger partial charge is 0.226 e. The lowest BCUT2D eigenvalue weighted by Crippen LogP contribution is -2.33. The molecule has 168 valence electrons. The molecule has 32 heavy (non-hydrogen) atoms. The predicted molar refractivity (Wildman–Crippen MR) is 140 cm³/mol. The normalized spacial score (nSPS) is 15.7. The summed E-state index contributed by atoms with van der Waals surface area (Å²) in [5.41, 5.74) is 5.51. The first kappa shape index (κ1) is 22.9. The molecule has 0 N–H and O–H groups in total. The van der Waals surface area contributed by atoms with Gasteiger partial charge in [-0.15, -0.1) is 0 Å².